The molecule has 0 unspecified atom stereocenters. The molecule has 0 heterocycles. The number of hydrogen-bond donors (Lipinski definition) is 1. The van der Waals surface area contributed by atoms with Gasteiger partial charge in [-0.25, -0.2) is 0 Å². The van der Waals surface area contributed by atoms with Crippen LogP contribution in [0.4, 0.5) is 0 Å². The third-order valence-electron chi connectivity index (χ3n) is 2.60. The maximum absolute atomic E-state index is 9.61. The third-order valence-corrected chi connectivity index (χ3v) is 6.50. The Bertz CT molecular complexity index is 185. The summed E-state index contributed by atoms with van der Waals surface area (Å²) in [6.07, 6.45) is 6.22. The summed E-state index contributed by atoms with van der Waals surface area (Å²) in [7, 11) is 0. The van der Waals surface area contributed by atoms with Gasteiger partial charge in [-0.1, -0.05) is 0 Å². The average Bonchev–Trinajstić information content (AvgIpc) is 2.22. The summed E-state index contributed by atoms with van der Waals surface area (Å²) < 4.78 is 3.04. The van der Waals surface area contributed by atoms with Gasteiger partial charge >= 0.3 is 106 Å². The normalized spacial score (nSPS) is 15.0. The Morgan fingerprint density at radius 3 is 2.27 bits per heavy atom. The van der Waals surface area contributed by atoms with Gasteiger partial charge in [0, 0.05) is 0 Å². The molecule has 0 fully saturated rings. The molecule has 1 nitrogen and oxygen atoms in total. The van der Waals surface area contributed by atoms with Gasteiger partial charge in [0.15, 0.2) is 0 Å². The van der Waals surface area contributed by atoms with E-state index in [1.807, 2.05) is 6.92 Å². The van der Waals surface area contributed by atoms with Crippen LogP contribution in [-0.2, 0) is 0 Å². The van der Waals surface area contributed by atoms with Gasteiger partial charge in [0.05, 0.1) is 0 Å². The minimum absolute atomic E-state index is 0.00411. The van der Waals surface area contributed by atoms with E-state index in [4.69, 9.17) is 0 Å². The second-order valence-corrected chi connectivity index (χ2v) is 7.48. The van der Waals surface area contributed by atoms with E-state index in [-0.39, 0.29) is 27.0 Å². The Morgan fingerprint density at radius 2 is 1.80 bits per heavy atom. The molecule has 0 spiro atoms. The van der Waals surface area contributed by atoms with Gasteiger partial charge in [-0.15, -0.1) is 0 Å². The van der Waals surface area contributed by atoms with Crippen LogP contribution in [0.25, 0.3) is 0 Å². The van der Waals surface area contributed by atoms with E-state index in [0.29, 0.717) is 0 Å². The summed E-state index contributed by atoms with van der Waals surface area (Å²) in [5, 5.41) is 9.61. The van der Waals surface area contributed by atoms with Crippen LogP contribution in [0, 0.1) is 0 Å². The first-order valence-electron chi connectivity index (χ1n) is 6.13. The average molecular weight is 326 g/mol. The van der Waals surface area contributed by atoms with E-state index in [0.717, 1.165) is 0 Å². The van der Waals surface area contributed by atoms with E-state index >= 15 is 0 Å². The number of allylic oxidation sites excluding steroid dienone is 1. The van der Waals surface area contributed by atoms with E-state index < -0.39 is 0 Å². The maximum atomic E-state index is 9.61. The van der Waals surface area contributed by atoms with Crippen LogP contribution in [0.5, 0.6) is 0 Å². The summed E-state index contributed by atoms with van der Waals surface area (Å²) in [6.45, 7) is 8.51. The SMILES string of the molecule is CCCC[Te]/C(CCCC)=C(\C)[C@@H](C)O. The van der Waals surface area contributed by atoms with Crippen LogP contribution < -0.4 is 0 Å². The van der Waals surface area contributed by atoms with Gasteiger partial charge in [0.25, 0.3) is 0 Å². The first-order valence-corrected chi connectivity index (χ1v) is 8.95. The van der Waals surface area contributed by atoms with Crippen molar-refractivity contribution in [2.24, 2.45) is 0 Å². The molecule has 1 atom stereocenters. The Hall–Kier alpha value is 0.490. The fraction of sp³-hybridized carbons (Fsp3) is 0.846. The van der Waals surface area contributed by atoms with Crippen molar-refractivity contribution >= 4 is 20.9 Å². The predicted octanol–water partition coefficient (Wildman–Crippen LogP) is 3.75. The Balaban J connectivity index is 4.23. The zero-order chi connectivity index (χ0) is 11.7. The summed E-state index contributed by atoms with van der Waals surface area (Å²) in [5.41, 5.74) is 1.27. The second kappa shape index (κ2) is 9.70. The molecule has 0 amide bonds. The molecular formula is C13H26OTe. The van der Waals surface area contributed by atoms with Gasteiger partial charge in [0.2, 0.25) is 0 Å². The second-order valence-electron chi connectivity index (χ2n) is 4.09. The van der Waals surface area contributed by atoms with Crippen LogP contribution in [0.3, 0.4) is 0 Å². The van der Waals surface area contributed by atoms with Crippen molar-refractivity contribution in [1.29, 1.82) is 0 Å². The van der Waals surface area contributed by atoms with Gasteiger partial charge in [0.1, 0.15) is 0 Å². The summed E-state index contributed by atoms with van der Waals surface area (Å²) in [6, 6.07) is 0. The predicted molar refractivity (Wildman–Crippen MR) is 69.4 cm³/mol. The van der Waals surface area contributed by atoms with Crippen molar-refractivity contribution in [3.8, 4) is 0 Å². The molecule has 0 bridgehead atoms. The Morgan fingerprint density at radius 1 is 1.20 bits per heavy atom. The van der Waals surface area contributed by atoms with Crippen molar-refractivity contribution < 1.29 is 5.11 Å². The van der Waals surface area contributed by atoms with Gasteiger partial charge in [-0.05, 0) is 0 Å². The fourth-order valence-electron chi connectivity index (χ4n) is 1.29. The van der Waals surface area contributed by atoms with Crippen molar-refractivity contribution in [3.05, 3.63) is 9.19 Å². The number of aliphatic hydroxyl groups excluding tert-OH is 1. The number of unbranched alkanes of at least 4 members (excludes halogenated alkanes) is 2. The van der Waals surface area contributed by atoms with E-state index in [1.165, 1.54) is 42.1 Å². The molecule has 1 N–H and O–H groups in total. The molecule has 15 heavy (non-hydrogen) atoms. The van der Waals surface area contributed by atoms with Crippen LogP contribution in [0.2, 0.25) is 4.47 Å². The van der Waals surface area contributed by atoms with Gasteiger partial charge in [-0.2, -0.15) is 0 Å². The molecule has 0 radical (unpaired) electrons. The Kier molecular flexibility index (Phi) is 10.0. The molecule has 0 saturated carbocycles. The first-order chi connectivity index (χ1) is 7.13. The molecule has 2 heteroatoms. The van der Waals surface area contributed by atoms with Crippen molar-refractivity contribution in [2.75, 3.05) is 0 Å². The van der Waals surface area contributed by atoms with E-state index in [2.05, 4.69) is 20.8 Å². The summed E-state index contributed by atoms with van der Waals surface area (Å²) in [5.74, 6) is 0. The van der Waals surface area contributed by atoms with Crippen molar-refractivity contribution in [1.82, 2.24) is 0 Å². The van der Waals surface area contributed by atoms with Crippen LogP contribution >= 0.6 is 0 Å². The van der Waals surface area contributed by atoms with E-state index in [1.54, 1.807) is 3.62 Å². The monoisotopic (exact) mass is 328 g/mol. The molecule has 0 aromatic heterocycles. The molecule has 0 aliphatic rings. The molecule has 0 saturated heterocycles. The van der Waals surface area contributed by atoms with Crippen LogP contribution in [0.1, 0.15) is 59.8 Å². The molecule has 90 valence electrons. The van der Waals surface area contributed by atoms with Crippen molar-refractivity contribution in [2.45, 2.75) is 70.4 Å². The van der Waals surface area contributed by atoms with Crippen LogP contribution in [0.15, 0.2) is 9.19 Å². The third kappa shape index (κ3) is 7.39. The number of rotatable bonds is 8. The first kappa shape index (κ1) is 15.5. The molecule has 0 aromatic rings. The number of hydrogen-bond acceptors (Lipinski definition) is 1. The van der Waals surface area contributed by atoms with Crippen LogP contribution in [-0.4, -0.2) is 32.1 Å². The quantitative estimate of drug-likeness (QED) is 0.532. The van der Waals surface area contributed by atoms with E-state index in [9.17, 15) is 5.11 Å². The molecule has 0 aliphatic carbocycles. The summed E-state index contributed by atoms with van der Waals surface area (Å²) >= 11 is 0.00411. The van der Waals surface area contributed by atoms with Gasteiger partial charge < -0.3 is 0 Å². The zero-order valence-corrected chi connectivity index (χ0v) is 13.0. The minimum atomic E-state index is -0.233. The molecule has 0 aliphatic heterocycles. The topological polar surface area (TPSA) is 20.2 Å². The molecule has 0 aromatic carbocycles. The number of aliphatic hydroxyl groups is 1. The van der Waals surface area contributed by atoms with Crippen molar-refractivity contribution in [3.63, 3.8) is 0 Å². The molecule has 0 rings (SSSR count). The summed E-state index contributed by atoms with van der Waals surface area (Å²) in [4.78, 5) is 0. The zero-order valence-electron chi connectivity index (χ0n) is 10.7. The Labute approximate surface area is 105 Å². The fourth-order valence-corrected chi connectivity index (χ4v) is 5.19. The van der Waals surface area contributed by atoms with Gasteiger partial charge in [-0.3, -0.25) is 0 Å². The molecular weight excluding hydrogens is 300 g/mol. The standard InChI is InChI=1S/C13H26OTe/c1-5-7-9-13(11(3)12(4)14)15-10-8-6-2/h12,14H,5-10H2,1-4H3/b13-11+/t12-/m1/s1.